The number of rotatable bonds is 2. The quantitative estimate of drug-likeness (QED) is 0.730. The van der Waals surface area contributed by atoms with Gasteiger partial charge in [-0.1, -0.05) is 12.1 Å². The number of fused-ring (bicyclic) bond motifs is 1. The molecule has 0 aromatic carbocycles. The van der Waals surface area contributed by atoms with E-state index in [1.54, 1.807) is 16.7 Å². The van der Waals surface area contributed by atoms with E-state index in [1.807, 2.05) is 37.3 Å². The predicted octanol–water partition coefficient (Wildman–Crippen LogP) is 2.74. The van der Waals surface area contributed by atoms with Gasteiger partial charge in [-0.2, -0.15) is 0 Å². The van der Waals surface area contributed by atoms with Crippen LogP contribution in [0.25, 0.3) is 5.65 Å². The predicted molar refractivity (Wildman–Crippen MR) is 89.8 cm³/mol. The maximum atomic E-state index is 12.3. The van der Waals surface area contributed by atoms with Crippen molar-refractivity contribution < 1.29 is 0 Å². The highest BCUT2D eigenvalue weighted by atomic mass is 16.1. The van der Waals surface area contributed by atoms with E-state index in [1.165, 1.54) is 0 Å². The lowest BCUT2D eigenvalue weighted by atomic mass is 10.1. The van der Waals surface area contributed by atoms with Crippen LogP contribution in [0.4, 0.5) is 5.82 Å². The normalized spacial score (nSPS) is 17.8. The largest absolute Gasteiger partial charge is 0.348 e. The summed E-state index contributed by atoms with van der Waals surface area (Å²) in [6.45, 7) is 2.90. The lowest BCUT2D eigenvalue weighted by molar-refractivity contribution is 0.684. The Labute approximate surface area is 134 Å². The van der Waals surface area contributed by atoms with Gasteiger partial charge in [-0.3, -0.25) is 14.2 Å². The van der Waals surface area contributed by atoms with E-state index >= 15 is 0 Å². The molecular formula is C18H18N4O. The Bertz CT molecular complexity index is 918. The topological polar surface area (TPSA) is 50.5 Å². The average Bonchev–Trinajstić information content (AvgIpc) is 3.04. The van der Waals surface area contributed by atoms with E-state index in [-0.39, 0.29) is 11.6 Å². The Morgan fingerprint density at radius 2 is 2.04 bits per heavy atom. The highest BCUT2D eigenvalue weighted by Gasteiger charge is 2.28. The zero-order valence-electron chi connectivity index (χ0n) is 13.0. The molecule has 5 nitrogen and oxygen atoms in total. The summed E-state index contributed by atoms with van der Waals surface area (Å²) in [5.74, 6) is 0.743. The lowest BCUT2D eigenvalue weighted by Gasteiger charge is -2.25. The number of nitrogens with zero attached hydrogens (tertiary/aromatic N) is 4. The maximum absolute atomic E-state index is 12.3. The van der Waals surface area contributed by atoms with Crippen LogP contribution >= 0.6 is 0 Å². The summed E-state index contributed by atoms with van der Waals surface area (Å²) in [5.41, 5.74) is 2.70. The molecule has 1 aliphatic rings. The first-order valence-electron chi connectivity index (χ1n) is 7.91. The van der Waals surface area contributed by atoms with E-state index in [0.29, 0.717) is 5.65 Å². The van der Waals surface area contributed by atoms with Crippen molar-refractivity contribution in [3.05, 3.63) is 70.4 Å². The summed E-state index contributed by atoms with van der Waals surface area (Å²) in [6.07, 6.45) is 3.86. The summed E-state index contributed by atoms with van der Waals surface area (Å²) in [4.78, 5) is 23.9. The van der Waals surface area contributed by atoms with Crippen molar-refractivity contribution in [1.29, 1.82) is 0 Å². The van der Waals surface area contributed by atoms with Crippen molar-refractivity contribution in [2.45, 2.75) is 25.8 Å². The molecule has 0 spiro atoms. The Hall–Kier alpha value is -2.69. The average molecular weight is 306 g/mol. The summed E-state index contributed by atoms with van der Waals surface area (Å²) in [7, 11) is 0. The Balaban J connectivity index is 1.78. The molecular weight excluding hydrogens is 288 g/mol. The van der Waals surface area contributed by atoms with Gasteiger partial charge in [0.05, 0.1) is 11.7 Å². The van der Waals surface area contributed by atoms with Gasteiger partial charge in [-0.05, 0) is 44.0 Å². The molecule has 0 bridgehead atoms. The zero-order valence-corrected chi connectivity index (χ0v) is 13.0. The molecule has 0 unspecified atom stereocenters. The molecule has 1 saturated heterocycles. The molecule has 23 heavy (non-hydrogen) atoms. The van der Waals surface area contributed by atoms with Crippen LogP contribution in [0.5, 0.6) is 0 Å². The van der Waals surface area contributed by atoms with Gasteiger partial charge in [0.1, 0.15) is 11.5 Å². The Morgan fingerprint density at radius 3 is 2.91 bits per heavy atom. The minimum Gasteiger partial charge on any atom is -0.348 e. The van der Waals surface area contributed by atoms with Crippen LogP contribution < -0.4 is 10.5 Å². The van der Waals surface area contributed by atoms with Crippen molar-refractivity contribution in [1.82, 2.24) is 14.4 Å². The molecule has 1 atom stereocenters. The van der Waals surface area contributed by atoms with Crippen LogP contribution in [0, 0.1) is 6.92 Å². The molecule has 116 valence electrons. The van der Waals surface area contributed by atoms with Gasteiger partial charge in [-0.25, -0.2) is 4.98 Å². The van der Waals surface area contributed by atoms with Crippen molar-refractivity contribution >= 4 is 11.5 Å². The molecule has 0 aliphatic carbocycles. The van der Waals surface area contributed by atoms with Gasteiger partial charge in [-0.15, -0.1) is 0 Å². The van der Waals surface area contributed by atoms with Gasteiger partial charge < -0.3 is 4.90 Å². The fourth-order valence-electron chi connectivity index (χ4n) is 3.29. The summed E-state index contributed by atoms with van der Waals surface area (Å²) in [5, 5.41) is 0. The fraction of sp³-hybridized carbons (Fsp3) is 0.278. The SMILES string of the molecule is Cc1cccc([C@@H]2CCCN2c2cc(=O)n3ccccc3n2)n1. The molecule has 0 amide bonds. The third kappa shape index (κ3) is 2.48. The molecule has 0 saturated carbocycles. The van der Waals surface area contributed by atoms with Crippen LogP contribution in [0.15, 0.2) is 53.5 Å². The van der Waals surface area contributed by atoms with E-state index in [4.69, 9.17) is 0 Å². The van der Waals surface area contributed by atoms with Crippen LogP contribution in [0.3, 0.4) is 0 Å². The van der Waals surface area contributed by atoms with Crippen LogP contribution in [-0.2, 0) is 0 Å². The minimum absolute atomic E-state index is 0.0477. The Kier molecular flexibility index (Phi) is 3.33. The monoisotopic (exact) mass is 306 g/mol. The van der Waals surface area contributed by atoms with Crippen molar-refractivity contribution in [2.75, 3.05) is 11.4 Å². The van der Waals surface area contributed by atoms with E-state index in [2.05, 4.69) is 20.9 Å². The first-order chi connectivity index (χ1) is 11.2. The highest BCUT2D eigenvalue weighted by Crippen LogP contribution is 2.34. The summed E-state index contributed by atoms with van der Waals surface area (Å²) in [6, 6.07) is 13.5. The van der Waals surface area contributed by atoms with E-state index < -0.39 is 0 Å². The van der Waals surface area contributed by atoms with Crippen molar-refractivity contribution in [3.63, 3.8) is 0 Å². The van der Waals surface area contributed by atoms with Crippen molar-refractivity contribution in [3.8, 4) is 0 Å². The molecule has 0 radical (unpaired) electrons. The van der Waals surface area contributed by atoms with Gasteiger partial charge in [0.2, 0.25) is 0 Å². The zero-order chi connectivity index (χ0) is 15.8. The first-order valence-corrected chi connectivity index (χ1v) is 7.91. The standard InChI is InChI=1S/C18H18N4O/c1-13-6-4-7-14(19-13)15-8-5-11-21(15)17-12-18(23)22-10-3-2-9-16(22)20-17/h2-4,6-7,9-10,12,15H,5,8,11H2,1H3/t15-/m0/s1. The number of aromatic nitrogens is 3. The number of hydrogen-bond donors (Lipinski definition) is 0. The third-order valence-electron chi connectivity index (χ3n) is 4.36. The summed E-state index contributed by atoms with van der Waals surface area (Å²) < 4.78 is 1.57. The number of pyridine rings is 2. The van der Waals surface area contributed by atoms with E-state index in [0.717, 1.165) is 36.6 Å². The summed E-state index contributed by atoms with van der Waals surface area (Å²) >= 11 is 0. The molecule has 1 fully saturated rings. The maximum Gasteiger partial charge on any atom is 0.259 e. The number of aryl methyl sites for hydroxylation is 1. The number of hydrogen-bond acceptors (Lipinski definition) is 4. The van der Waals surface area contributed by atoms with Crippen molar-refractivity contribution in [2.24, 2.45) is 0 Å². The smallest absolute Gasteiger partial charge is 0.259 e. The van der Waals surface area contributed by atoms with Gasteiger partial charge in [0.25, 0.3) is 5.56 Å². The van der Waals surface area contributed by atoms with Crippen LogP contribution in [0.2, 0.25) is 0 Å². The molecule has 3 aromatic rings. The molecule has 4 heterocycles. The molecule has 4 rings (SSSR count). The molecule has 3 aromatic heterocycles. The third-order valence-corrected chi connectivity index (χ3v) is 4.36. The molecule has 5 heteroatoms. The van der Waals surface area contributed by atoms with Crippen LogP contribution in [0.1, 0.15) is 30.3 Å². The highest BCUT2D eigenvalue weighted by molar-refractivity contribution is 5.50. The molecule has 0 N–H and O–H groups in total. The number of anilines is 1. The van der Waals surface area contributed by atoms with Gasteiger partial charge >= 0.3 is 0 Å². The second-order valence-electron chi connectivity index (χ2n) is 5.94. The van der Waals surface area contributed by atoms with Crippen LogP contribution in [-0.4, -0.2) is 20.9 Å². The van der Waals surface area contributed by atoms with Gasteiger partial charge in [0, 0.05) is 24.5 Å². The lowest BCUT2D eigenvalue weighted by Crippen LogP contribution is -2.27. The van der Waals surface area contributed by atoms with E-state index in [9.17, 15) is 4.79 Å². The Morgan fingerprint density at radius 1 is 1.13 bits per heavy atom. The molecule has 1 aliphatic heterocycles. The second-order valence-corrected chi connectivity index (χ2v) is 5.94. The van der Waals surface area contributed by atoms with Gasteiger partial charge in [0.15, 0.2) is 0 Å². The fourth-order valence-corrected chi connectivity index (χ4v) is 3.29. The minimum atomic E-state index is -0.0477. The first kappa shape index (κ1) is 13.9. The second kappa shape index (κ2) is 5.50.